The number of thioether (sulfide) groups is 1. The summed E-state index contributed by atoms with van der Waals surface area (Å²) in [6.07, 6.45) is 21.4. The smallest absolute Gasteiger partial charge is 0.200 e. The van der Waals surface area contributed by atoms with Crippen LogP contribution < -0.4 is 0 Å². The first-order valence-corrected chi connectivity index (χ1v) is 16.3. The second-order valence-electron chi connectivity index (χ2n) is 12.4. The number of unbranched alkanes of at least 4 members (excludes halogenated alkanes) is 2. The van der Waals surface area contributed by atoms with Gasteiger partial charge in [-0.1, -0.05) is 57.4 Å². The van der Waals surface area contributed by atoms with Crippen LogP contribution in [0, 0.1) is 29.6 Å². The molecular weight excluding hydrogens is 476 g/mol. The minimum absolute atomic E-state index is 0.366. The summed E-state index contributed by atoms with van der Waals surface area (Å²) in [5.74, 6) is 3.97. The molecule has 7 unspecified atom stereocenters. The molecule has 4 nitrogen and oxygen atoms in total. The molecule has 1 saturated carbocycles. The number of ether oxygens (including phenoxy) is 1. The van der Waals surface area contributed by atoms with Crippen LogP contribution in [0.15, 0.2) is 46.2 Å². The van der Waals surface area contributed by atoms with E-state index in [1.807, 2.05) is 0 Å². The number of hydrogen-bond donors (Lipinski definition) is 1. The van der Waals surface area contributed by atoms with Gasteiger partial charge in [-0.25, -0.2) is 0 Å². The molecule has 0 amide bonds. The number of fused-ring (bicyclic) bond motifs is 3. The first-order chi connectivity index (χ1) is 18.1. The molecule has 1 N–H and O–H groups in total. The van der Waals surface area contributed by atoms with E-state index < -0.39 is 6.29 Å². The monoisotopic (exact) mass is 524 g/mol. The third-order valence-corrected chi connectivity index (χ3v) is 11.9. The van der Waals surface area contributed by atoms with Crippen molar-refractivity contribution >= 4 is 11.8 Å². The van der Waals surface area contributed by atoms with Crippen LogP contribution in [0.1, 0.15) is 78.1 Å². The van der Waals surface area contributed by atoms with E-state index in [0.717, 1.165) is 12.3 Å². The normalized spacial score (nSPS) is 37.6. The molecule has 3 aliphatic carbocycles. The number of nitrogens with zero attached hydrogens (tertiary/aromatic N) is 2. The van der Waals surface area contributed by atoms with Crippen LogP contribution in [-0.2, 0) is 4.74 Å². The predicted octanol–water partition coefficient (Wildman–Crippen LogP) is 6.71. The van der Waals surface area contributed by atoms with Gasteiger partial charge in [-0.05, 0) is 68.9 Å². The maximum atomic E-state index is 10.6. The molecule has 3 heterocycles. The van der Waals surface area contributed by atoms with E-state index in [2.05, 4.69) is 59.7 Å². The zero-order valence-electron chi connectivity index (χ0n) is 23.1. The Hall–Kier alpha value is -1.17. The number of rotatable bonds is 8. The number of piperazine rings is 1. The van der Waals surface area contributed by atoms with Gasteiger partial charge < -0.3 is 14.7 Å². The molecule has 0 spiro atoms. The van der Waals surface area contributed by atoms with E-state index in [0.29, 0.717) is 28.9 Å². The standard InChI is InChI=1S/C32H48N2O2S/c1-3-28-30(27-11-6-7-14-29(27)37-28)34-20-18-33(19-21-34)17-8-4-5-10-23-15-16-25-24-12-9-13-26(24)32(35)36-31(25)22(23)2/h6-7,11,14,22-24,26-27,29,32,35H,3-5,8-10,12-13,15-21H2,1-2H3. The molecule has 6 rings (SSSR count). The Morgan fingerprint density at radius 2 is 1.86 bits per heavy atom. The number of hydrogen-bond acceptors (Lipinski definition) is 5. The van der Waals surface area contributed by atoms with Gasteiger partial charge in [-0.15, -0.1) is 11.8 Å². The molecule has 6 aliphatic rings. The van der Waals surface area contributed by atoms with Gasteiger partial charge in [-0.2, -0.15) is 0 Å². The van der Waals surface area contributed by atoms with E-state index >= 15 is 0 Å². The van der Waals surface area contributed by atoms with Gasteiger partial charge >= 0.3 is 0 Å². The summed E-state index contributed by atoms with van der Waals surface area (Å²) < 4.78 is 6.15. The minimum atomic E-state index is -0.553. The highest BCUT2D eigenvalue weighted by Gasteiger charge is 2.45. The van der Waals surface area contributed by atoms with Crippen molar-refractivity contribution in [2.24, 2.45) is 29.6 Å². The van der Waals surface area contributed by atoms with E-state index in [-0.39, 0.29) is 0 Å². The lowest BCUT2D eigenvalue weighted by atomic mass is 9.71. The third kappa shape index (κ3) is 5.22. The van der Waals surface area contributed by atoms with E-state index in [1.165, 1.54) is 96.3 Å². The summed E-state index contributed by atoms with van der Waals surface area (Å²) in [5, 5.41) is 11.2. The zero-order chi connectivity index (χ0) is 25.4. The maximum Gasteiger partial charge on any atom is 0.200 e. The maximum absolute atomic E-state index is 10.6. The summed E-state index contributed by atoms with van der Waals surface area (Å²) in [6, 6.07) is 0. The largest absolute Gasteiger partial charge is 0.469 e. The Morgan fingerprint density at radius 1 is 1.03 bits per heavy atom. The van der Waals surface area contributed by atoms with Crippen molar-refractivity contribution in [3.8, 4) is 0 Å². The second-order valence-corrected chi connectivity index (χ2v) is 13.7. The fourth-order valence-electron chi connectivity index (χ4n) is 8.29. The number of aliphatic hydroxyl groups excluding tert-OH is 1. The zero-order valence-corrected chi connectivity index (χ0v) is 23.9. The average molecular weight is 525 g/mol. The van der Waals surface area contributed by atoms with Crippen molar-refractivity contribution in [3.05, 3.63) is 46.2 Å². The second kappa shape index (κ2) is 11.5. The quantitative estimate of drug-likeness (QED) is 0.357. The van der Waals surface area contributed by atoms with E-state index in [1.54, 1.807) is 16.2 Å². The minimum Gasteiger partial charge on any atom is -0.469 e. The lowest BCUT2D eigenvalue weighted by Crippen LogP contribution is -2.47. The van der Waals surface area contributed by atoms with Crippen LogP contribution in [0.5, 0.6) is 0 Å². The Kier molecular flexibility index (Phi) is 8.12. The highest BCUT2D eigenvalue weighted by molar-refractivity contribution is 8.04. The number of aliphatic hydroxyl groups is 1. The van der Waals surface area contributed by atoms with Gasteiger partial charge in [-0.3, -0.25) is 4.90 Å². The van der Waals surface area contributed by atoms with Crippen molar-refractivity contribution in [2.75, 3.05) is 32.7 Å². The summed E-state index contributed by atoms with van der Waals surface area (Å²) in [7, 11) is 0. The van der Waals surface area contributed by atoms with Gasteiger partial charge in [0.05, 0.1) is 0 Å². The van der Waals surface area contributed by atoms with E-state index in [4.69, 9.17) is 4.74 Å². The third-order valence-electron chi connectivity index (χ3n) is 10.4. The van der Waals surface area contributed by atoms with Crippen molar-refractivity contribution < 1.29 is 9.84 Å². The molecular formula is C32H48N2O2S. The molecule has 0 bridgehead atoms. The molecule has 5 heteroatoms. The Morgan fingerprint density at radius 3 is 2.70 bits per heavy atom. The lowest BCUT2D eigenvalue weighted by Gasteiger charge is -2.42. The lowest BCUT2D eigenvalue weighted by molar-refractivity contribution is -0.137. The SMILES string of the molecule is CCC1=C(N2CCN(CCCCCC3CCC4=C(OC(O)C5CCCC45)C3C)CC2)C2C=CC=CC2S1. The summed E-state index contributed by atoms with van der Waals surface area (Å²) >= 11 is 2.10. The highest BCUT2D eigenvalue weighted by atomic mass is 32.2. The van der Waals surface area contributed by atoms with Crippen molar-refractivity contribution in [3.63, 3.8) is 0 Å². The van der Waals surface area contributed by atoms with Crippen LogP contribution in [0.3, 0.4) is 0 Å². The van der Waals surface area contributed by atoms with Crippen LogP contribution in [0.25, 0.3) is 0 Å². The fraction of sp³-hybridized carbons (Fsp3) is 0.750. The number of allylic oxidation sites excluding steroid dienone is 6. The van der Waals surface area contributed by atoms with Gasteiger partial charge in [0.25, 0.3) is 0 Å². The van der Waals surface area contributed by atoms with Crippen LogP contribution in [0.2, 0.25) is 0 Å². The molecule has 0 aromatic carbocycles. The molecule has 0 radical (unpaired) electrons. The molecule has 37 heavy (non-hydrogen) atoms. The van der Waals surface area contributed by atoms with Gasteiger partial charge in [0, 0.05) is 59.8 Å². The molecule has 0 aromatic rings. The van der Waals surface area contributed by atoms with Crippen molar-refractivity contribution in [1.82, 2.24) is 9.80 Å². The fourth-order valence-corrected chi connectivity index (χ4v) is 9.70. The van der Waals surface area contributed by atoms with E-state index in [9.17, 15) is 5.11 Å². The van der Waals surface area contributed by atoms with Crippen LogP contribution in [-0.4, -0.2) is 59.2 Å². The van der Waals surface area contributed by atoms with Crippen LogP contribution >= 0.6 is 11.8 Å². The van der Waals surface area contributed by atoms with Crippen molar-refractivity contribution in [1.29, 1.82) is 0 Å². The Bertz CT molecular complexity index is 946. The molecule has 3 aliphatic heterocycles. The molecule has 1 saturated heterocycles. The Labute approximate surface area is 229 Å². The highest BCUT2D eigenvalue weighted by Crippen LogP contribution is 2.51. The summed E-state index contributed by atoms with van der Waals surface area (Å²) in [5.41, 5.74) is 3.22. The van der Waals surface area contributed by atoms with Crippen LogP contribution in [0.4, 0.5) is 0 Å². The molecule has 7 atom stereocenters. The topological polar surface area (TPSA) is 35.9 Å². The Balaban J connectivity index is 0.919. The average Bonchev–Trinajstić information content (AvgIpc) is 3.56. The van der Waals surface area contributed by atoms with Gasteiger partial charge in [0.15, 0.2) is 6.29 Å². The first-order valence-electron chi connectivity index (χ1n) is 15.4. The molecule has 2 fully saturated rings. The summed E-state index contributed by atoms with van der Waals surface area (Å²) in [6.45, 7) is 10.7. The molecule has 204 valence electrons. The van der Waals surface area contributed by atoms with Gasteiger partial charge in [0.1, 0.15) is 5.76 Å². The first kappa shape index (κ1) is 26.1. The summed E-state index contributed by atoms with van der Waals surface area (Å²) in [4.78, 5) is 7.03. The van der Waals surface area contributed by atoms with Crippen molar-refractivity contribution in [2.45, 2.75) is 89.6 Å². The van der Waals surface area contributed by atoms with Gasteiger partial charge in [0.2, 0.25) is 0 Å². The molecule has 0 aromatic heterocycles. The predicted molar refractivity (Wildman–Crippen MR) is 154 cm³/mol.